The predicted molar refractivity (Wildman–Crippen MR) is 55.0 cm³/mol. The van der Waals surface area contributed by atoms with Crippen molar-refractivity contribution in [1.29, 1.82) is 5.26 Å². The summed E-state index contributed by atoms with van der Waals surface area (Å²) in [5.74, 6) is 0.498. The molecule has 1 heterocycles. The molecule has 0 saturated heterocycles. The first kappa shape index (κ1) is 10.5. The quantitative estimate of drug-likeness (QED) is 0.738. The van der Waals surface area contributed by atoms with Crippen molar-refractivity contribution in [3.8, 4) is 6.07 Å². The topological polar surface area (TPSA) is 87.6 Å². The van der Waals surface area contributed by atoms with Crippen LogP contribution in [0.15, 0.2) is 0 Å². The Labute approximate surface area is 86.9 Å². The van der Waals surface area contributed by atoms with Crippen LogP contribution < -0.4 is 11.1 Å². The van der Waals surface area contributed by atoms with Gasteiger partial charge in [0.25, 0.3) is 0 Å². The van der Waals surface area contributed by atoms with Gasteiger partial charge in [-0.1, -0.05) is 6.92 Å². The molecule has 0 aliphatic rings. The maximum Gasteiger partial charge on any atom is 0.226 e. The molecular weight excluding hydrogens is 202 g/mol. The summed E-state index contributed by atoms with van der Waals surface area (Å²) in [4.78, 5) is 7.57. The lowest BCUT2D eigenvalue weighted by Crippen LogP contribution is -2.08. The average Bonchev–Trinajstić information content (AvgIpc) is 2.14. The van der Waals surface area contributed by atoms with Gasteiger partial charge in [0.2, 0.25) is 5.28 Å². The minimum Gasteiger partial charge on any atom is -0.382 e. The van der Waals surface area contributed by atoms with Crippen molar-refractivity contribution in [3.05, 3.63) is 10.8 Å². The molecule has 0 spiro atoms. The molecule has 14 heavy (non-hydrogen) atoms. The molecule has 1 rings (SSSR count). The highest BCUT2D eigenvalue weighted by molar-refractivity contribution is 6.28. The summed E-state index contributed by atoms with van der Waals surface area (Å²) >= 11 is 5.61. The van der Waals surface area contributed by atoms with E-state index in [1.54, 1.807) is 0 Å². The van der Waals surface area contributed by atoms with Crippen LogP contribution in [0.1, 0.15) is 18.9 Å². The Morgan fingerprint density at radius 3 is 2.86 bits per heavy atom. The molecule has 0 amide bonds. The van der Waals surface area contributed by atoms with E-state index in [0.717, 1.165) is 6.42 Å². The number of nitrogens with two attached hydrogens (primary N) is 1. The van der Waals surface area contributed by atoms with Gasteiger partial charge in [0.1, 0.15) is 17.5 Å². The SMILES string of the molecule is CCCNc1nc(Cl)nc(N)c1C#N. The summed E-state index contributed by atoms with van der Waals surface area (Å²) in [7, 11) is 0. The number of anilines is 2. The highest BCUT2D eigenvalue weighted by Crippen LogP contribution is 2.19. The Hall–Kier alpha value is -1.54. The molecule has 0 saturated carbocycles. The maximum atomic E-state index is 8.80. The standard InChI is InChI=1S/C8H10ClN5/c1-2-3-12-7-5(4-10)6(11)13-8(9)14-7/h2-3H2,1H3,(H3,11,12,13,14). The summed E-state index contributed by atoms with van der Waals surface area (Å²) in [6.45, 7) is 2.71. The van der Waals surface area contributed by atoms with Crippen LogP contribution in [-0.2, 0) is 0 Å². The van der Waals surface area contributed by atoms with Crippen LogP contribution in [0, 0.1) is 11.3 Å². The Morgan fingerprint density at radius 2 is 2.29 bits per heavy atom. The predicted octanol–water partition coefficient (Wildman–Crippen LogP) is 1.41. The molecule has 0 fully saturated rings. The minimum atomic E-state index is 0.0418. The van der Waals surface area contributed by atoms with E-state index in [0.29, 0.717) is 12.4 Å². The average molecular weight is 212 g/mol. The molecule has 1 aromatic heterocycles. The van der Waals surface area contributed by atoms with Crippen LogP contribution in [0.3, 0.4) is 0 Å². The highest BCUT2D eigenvalue weighted by Gasteiger charge is 2.10. The summed E-state index contributed by atoms with van der Waals surface area (Å²) < 4.78 is 0. The summed E-state index contributed by atoms with van der Waals surface area (Å²) in [6.07, 6.45) is 0.923. The monoisotopic (exact) mass is 211 g/mol. The molecular formula is C8H10ClN5. The second-order valence-corrected chi connectivity index (χ2v) is 2.98. The number of nitrogens with zero attached hydrogens (tertiary/aromatic N) is 3. The number of hydrogen-bond donors (Lipinski definition) is 2. The van der Waals surface area contributed by atoms with Crippen molar-refractivity contribution >= 4 is 23.2 Å². The van der Waals surface area contributed by atoms with E-state index in [4.69, 9.17) is 22.6 Å². The fourth-order valence-corrected chi connectivity index (χ4v) is 1.11. The number of aromatic nitrogens is 2. The van der Waals surface area contributed by atoms with Crippen LogP contribution >= 0.6 is 11.6 Å². The van der Waals surface area contributed by atoms with Gasteiger partial charge in [0.05, 0.1) is 0 Å². The van der Waals surface area contributed by atoms with Gasteiger partial charge in [-0.25, -0.2) is 0 Å². The second-order valence-electron chi connectivity index (χ2n) is 2.64. The molecule has 0 bridgehead atoms. The Kier molecular flexibility index (Phi) is 3.48. The highest BCUT2D eigenvalue weighted by atomic mass is 35.5. The van der Waals surface area contributed by atoms with Gasteiger partial charge in [-0.05, 0) is 18.0 Å². The van der Waals surface area contributed by atoms with E-state index >= 15 is 0 Å². The Balaban J connectivity index is 3.07. The first-order valence-electron chi connectivity index (χ1n) is 4.16. The Bertz CT molecular complexity index is 371. The molecule has 5 nitrogen and oxygen atoms in total. The van der Waals surface area contributed by atoms with Crippen molar-refractivity contribution in [1.82, 2.24) is 9.97 Å². The molecule has 0 unspecified atom stereocenters. The number of nitrogens with one attached hydrogen (secondary N) is 1. The molecule has 1 aromatic rings. The van der Waals surface area contributed by atoms with Gasteiger partial charge >= 0.3 is 0 Å². The van der Waals surface area contributed by atoms with Gasteiger partial charge < -0.3 is 11.1 Å². The molecule has 6 heteroatoms. The zero-order chi connectivity index (χ0) is 10.6. The fraction of sp³-hybridized carbons (Fsp3) is 0.375. The van der Waals surface area contributed by atoms with Gasteiger partial charge in [0.15, 0.2) is 5.82 Å². The summed E-state index contributed by atoms with van der Waals surface area (Å²) in [5, 5.41) is 11.8. The van der Waals surface area contributed by atoms with Crippen LogP contribution in [0.4, 0.5) is 11.6 Å². The summed E-state index contributed by atoms with van der Waals surface area (Å²) in [6, 6.07) is 1.93. The lowest BCUT2D eigenvalue weighted by Gasteiger charge is -2.06. The van der Waals surface area contributed by atoms with E-state index in [9.17, 15) is 0 Å². The third kappa shape index (κ3) is 2.24. The summed E-state index contributed by atoms with van der Waals surface area (Å²) in [5.41, 5.74) is 5.75. The zero-order valence-electron chi connectivity index (χ0n) is 7.71. The fourth-order valence-electron chi connectivity index (χ4n) is 0.931. The molecule has 0 aliphatic heterocycles. The van der Waals surface area contributed by atoms with Crippen molar-refractivity contribution in [2.24, 2.45) is 0 Å². The van der Waals surface area contributed by atoms with E-state index in [-0.39, 0.29) is 16.7 Å². The minimum absolute atomic E-state index is 0.0418. The van der Waals surface area contributed by atoms with Gasteiger partial charge in [-0.3, -0.25) is 0 Å². The van der Waals surface area contributed by atoms with Crippen molar-refractivity contribution < 1.29 is 0 Å². The number of hydrogen-bond acceptors (Lipinski definition) is 5. The van der Waals surface area contributed by atoms with E-state index in [1.165, 1.54) is 0 Å². The molecule has 0 atom stereocenters. The largest absolute Gasteiger partial charge is 0.382 e. The lowest BCUT2D eigenvalue weighted by molar-refractivity contribution is 0.963. The number of halogens is 1. The number of nitriles is 1. The molecule has 0 aliphatic carbocycles. The number of nitrogen functional groups attached to an aromatic ring is 1. The van der Waals surface area contributed by atoms with E-state index in [1.807, 2.05) is 13.0 Å². The van der Waals surface area contributed by atoms with Crippen molar-refractivity contribution in [2.45, 2.75) is 13.3 Å². The van der Waals surface area contributed by atoms with Crippen LogP contribution in [0.25, 0.3) is 0 Å². The maximum absolute atomic E-state index is 8.80. The van der Waals surface area contributed by atoms with Crippen LogP contribution in [0.5, 0.6) is 0 Å². The van der Waals surface area contributed by atoms with Crippen LogP contribution in [0.2, 0.25) is 5.28 Å². The van der Waals surface area contributed by atoms with E-state index in [2.05, 4.69) is 15.3 Å². The third-order valence-corrected chi connectivity index (χ3v) is 1.73. The van der Waals surface area contributed by atoms with Crippen LogP contribution in [-0.4, -0.2) is 16.5 Å². The lowest BCUT2D eigenvalue weighted by atomic mass is 10.3. The normalized spacial score (nSPS) is 9.50. The smallest absolute Gasteiger partial charge is 0.226 e. The first-order valence-corrected chi connectivity index (χ1v) is 4.53. The molecule has 0 aromatic carbocycles. The second kappa shape index (κ2) is 4.63. The van der Waals surface area contributed by atoms with Gasteiger partial charge in [-0.15, -0.1) is 0 Å². The first-order chi connectivity index (χ1) is 6.69. The van der Waals surface area contributed by atoms with Crippen molar-refractivity contribution in [3.63, 3.8) is 0 Å². The third-order valence-electron chi connectivity index (χ3n) is 1.56. The Morgan fingerprint density at radius 1 is 1.57 bits per heavy atom. The van der Waals surface area contributed by atoms with E-state index < -0.39 is 0 Å². The van der Waals surface area contributed by atoms with Gasteiger partial charge in [-0.2, -0.15) is 15.2 Å². The molecule has 74 valence electrons. The van der Waals surface area contributed by atoms with Crippen molar-refractivity contribution in [2.75, 3.05) is 17.6 Å². The van der Waals surface area contributed by atoms with Gasteiger partial charge in [0, 0.05) is 6.54 Å². The zero-order valence-corrected chi connectivity index (χ0v) is 8.47. The molecule has 0 radical (unpaired) electrons. The molecule has 3 N–H and O–H groups in total. The number of rotatable bonds is 3.